The van der Waals surface area contributed by atoms with Gasteiger partial charge >= 0.3 is 0 Å². The van der Waals surface area contributed by atoms with E-state index in [4.69, 9.17) is 9.26 Å². The van der Waals surface area contributed by atoms with Crippen LogP contribution in [-0.2, 0) is 18.4 Å². The van der Waals surface area contributed by atoms with E-state index in [1.54, 1.807) is 23.7 Å². The summed E-state index contributed by atoms with van der Waals surface area (Å²) in [5.74, 6) is 1.63. The van der Waals surface area contributed by atoms with Gasteiger partial charge in [0.15, 0.2) is 12.4 Å². The molecule has 0 unspecified atom stereocenters. The Bertz CT molecular complexity index is 949. The molecule has 3 heterocycles. The minimum atomic E-state index is -0.138. The van der Waals surface area contributed by atoms with Crippen LogP contribution in [0.4, 0.5) is 5.69 Å². The fourth-order valence-electron chi connectivity index (χ4n) is 3.35. The van der Waals surface area contributed by atoms with Gasteiger partial charge in [0.1, 0.15) is 5.75 Å². The van der Waals surface area contributed by atoms with Crippen molar-refractivity contribution < 1.29 is 14.1 Å². The van der Waals surface area contributed by atoms with Crippen LogP contribution in [0.25, 0.3) is 0 Å². The van der Waals surface area contributed by atoms with Crippen molar-refractivity contribution in [2.24, 2.45) is 13.0 Å². The van der Waals surface area contributed by atoms with Gasteiger partial charge in [-0.25, -0.2) is 0 Å². The van der Waals surface area contributed by atoms with Crippen LogP contribution >= 0.6 is 0 Å². The van der Waals surface area contributed by atoms with E-state index in [1.165, 1.54) is 0 Å². The van der Waals surface area contributed by atoms with Crippen molar-refractivity contribution in [3.8, 4) is 5.75 Å². The number of nitrogens with one attached hydrogen (secondary N) is 2. The number of anilines is 1. The molecule has 146 valence electrons. The fourth-order valence-corrected chi connectivity index (χ4v) is 3.35. The Kier molecular flexibility index (Phi) is 5.07. The molecule has 0 radical (unpaired) electrons. The normalized spacial score (nSPS) is 18.9. The summed E-state index contributed by atoms with van der Waals surface area (Å²) in [6.45, 7) is 3.37. The number of hydrogen-bond donors (Lipinski definition) is 2. The minimum absolute atomic E-state index is 0.00569. The summed E-state index contributed by atoms with van der Waals surface area (Å²) in [5.41, 5.74) is 1.80. The molecular weight excluding hydrogens is 360 g/mol. The molecule has 1 aromatic carbocycles. The predicted octanol–water partition coefficient (Wildman–Crippen LogP) is 1.63. The zero-order valence-corrected chi connectivity index (χ0v) is 15.8. The van der Waals surface area contributed by atoms with Crippen molar-refractivity contribution in [1.82, 2.24) is 25.2 Å². The third-order valence-electron chi connectivity index (χ3n) is 4.76. The van der Waals surface area contributed by atoms with Gasteiger partial charge in [-0.15, -0.1) is 0 Å². The zero-order valence-electron chi connectivity index (χ0n) is 15.8. The maximum atomic E-state index is 12.8. The van der Waals surface area contributed by atoms with Crippen molar-refractivity contribution in [2.45, 2.75) is 19.4 Å². The summed E-state index contributed by atoms with van der Waals surface area (Å²) >= 11 is 0. The molecular formula is C19H22N6O3. The van der Waals surface area contributed by atoms with Gasteiger partial charge in [0.25, 0.3) is 5.89 Å². The van der Waals surface area contributed by atoms with Gasteiger partial charge in [0.05, 0.1) is 12.1 Å². The lowest BCUT2D eigenvalue weighted by Gasteiger charge is -2.17. The minimum Gasteiger partial charge on any atom is -0.484 e. The third kappa shape index (κ3) is 4.04. The van der Waals surface area contributed by atoms with E-state index >= 15 is 0 Å². The Labute approximate surface area is 162 Å². The molecule has 0 spiro atoms. The van der Waals surface area contributed by atoms with Crippen molar-refractivity contribution in [3.05, 3.63) is 53.9 Å². The van der Waals surface area contributed by atoms with Crippen molar-refractivity contribution in [1.29, 1.82) is 0 Å². The van der Waals surface area contributed by atoms with Crippen LogP contribution in [0.2, 0.25) is 0 Å². The van der Waals surface area contributed by atoms with E-state index < -0.39 is 0 Å². The van der Waals surface area contributed by atoms with Gasteiger partial charge in [-0.3, -0.25) is 9.48 Å². The Morgan fingerprint density at radius 2 is 2.18 bits per heavy atom. The standard InChI is InChI=1S/C19H22N6O3/c1-12-22-18(28-24-12)11-27-15-5-3-14(4-6-15)23-19(26)17-9-20-8-16(17)13-7-21-25(2)10-13/h3-7,10,16-17,20H,8-9,11H2,1-2H3,(H,23,26)/t16-,17+/m1/s1. The molecule has 9 nitrogen and oxygen atoms in total. The van der Waals surface area contributed by atoms with Crippen LogP contribution in [0.5, 0.6) is 5.75 Å². The van der Waals surface area contributed by atoms with Crippen LogP contribution in [-0.4, -0.2) is 38.9 Å². The molecule has 1 amide bonds. The molecule has 1 saturated heterocycles. The highest BCUT2D eigenvalue weighted by atomic mass is 16.5. The molecule has 2 N–H and O–H groups in total. The lowest BCUT2D eigenvalue weighted by Crippen LogP contribution is -2.28. The first-order valence-corrected chi connectivity index (χ1v) is 9.10. The van der Waals surface area contributed by atoms with Crippen LogP contribution in [0.15, 0.2) is 41.2 Å². The Hall–Kier alpha value is -3.20. The first-order chi connectivity index (χ1) is 13.6. The second-order valence-electron chi connectivity index (χ2n) is 6.86. The highest BCUT2D eigenvalue weighted by Gasteiger charge is 2.34. The van der Waals surface area contributed by atoms with Crippen LogP contribution in [0.3, 0.4) is 0 Å². The van der Waals surface area contributed by atoms with E-state index in [0.717, 1.165) is 17.8 Å². The molecule has 2 atom stereocenters. The van der Waals surface area contributed by atoms with Crippen molar-refractivity contribution in [3.63, 3.8) is 0 Å². The number of carbonyl (C=O) groups is 1. The average Bonchev–Trinajstić information content (AvgIpc) is 3.41. The number of aryl methyl sites for hydroxylation is 2. The molecule has 9 heteroatoms. The molecule has 1 aliphatic heterocycles. The Balaban J connectivity index is 1.35. The largest absolute Gasteiger partial charge is 0.484 e. The number of hydrogen-bond acceptors (Lipinski definition) is 7. The third-order valence-corrected chi connectivity index (χ3v) is 4.76. The van der Waals surface area contributed by atoms with Crippen LogP contribution in [0.1, 0.15) is 23.2 Å². The number of rotatable bonds is 6. The number of carbonyl (C=O) groups excluding carboxylic acids is 1. The Morgan fingerprint density at radius 1 is 1.36 bits per heavy atom. The molecule has 0 aliphatic carbocycles. The number of aromatic nitrogens is 4. The van der Waals surface area contributed by atoms with Crippen LogP contribution in [0, 0.1) is 12.8 Å². The number of benzene rings is 1. The molecule has 3 aromatic rings. The first-order valence-electron chi connectivity index (χ1n) is 9.10. The van der Waals surface area contributed by atoms with E-state index in [-0.39, 0.29) is 24.3 Å². The second kappa shape index (κ2) is 7.81. The molecule has 1 aliphatic rings. The Morgan fingerprint density at radius 3 is 2.86 bits per heavy atom. The van der Waals surface area contributed by atoms with E-state index in [0.29, 0.717) is 24.0 Å². The SMILES string of the molecule is Cc1noc(COc2ccc(NC(=O)[C@H]3CNC[C@@H]3c3cnn(C)c3)cc2)n1. The topological polar surface area (TPSA) is 107 Å². The molecule has 2 aromatic heterocycles. The number of ether oxygens (including phenoxy) is 1. The summed E-state index contributed by atoms with van der Waals surface area (Å²) < 4.78 is 12.4. The second-order valence-corrected chi connectivity index (χ2v) is 6.86. The van der Waals surface area contributed by atoms with Crippen molar-refractivity contribution in [2.75, 3.05) is 18.4 Å². The average molecular weight is 382 g/mol. The van der Waals surface area contributed by atoms with Gasteiger partial charge in [0, 0.05) is 37.9 Å². The van der Waals surface area contributed by atoms with Crippen molar-refractivity contribution >= 4 is 11.6 Å². The monoisotopic (exact) mass is 382 g/mol. The maximum absolute atomic E-state index is 12.8. The van der Waals surface area contributed by atoms with E-state index in [1.807, 2.05) is 31.6 Å². The van der Waals surface area contributed by atoms with Crippen LogP contribution < -0.4 is 15.4 Å². The smallest absolute Gasteiger partial charge is 0.264 e. The molecule has 4 rings (SSSR count). The number of nitrogens with zero attached hydrogens (tertiary/aromatic N) is 4. The van der Waals surface area contributed by atoms with Gasteiger partial charge < -0.3 is 19.9 Å². The molecule has 1 fully saturated rings. The fraction of sp³-hybridized carbons (Fsp3) is 0.368. The lowest BCUT2D eigenvalue weighted by molar-refractivity contribution is -0.119. The molecule has 0 bridgehead atoms. The highest BCUT2D eigenvalue weighted by molar-refractivity contribution is 5.93. The highest BCUT2D eigenvalue weighted by Crippen LogP contribution is 2.29. The summed E-state index contributed by atoms with van der Waals surface area (Å²) in [7, 11) is 1.88. The summed E-state index contributed by atoms with van der Waals surface area (Å²) in [5, 5.41) is 14.2. The first kappa shape index (κ1) is 18.2. The van der Waals surface area contributed by atoms with E-state index in [9.17, 15) is 4.79 Å². The van der Waals surface area contributed by atoms with Gasteiger partial charge in [-0.2, -0.15) is 10.1 Å². The van der Waals surface area contributed by atoms with Gasteiger partial charge in [0.2, 0.25) is 5.91 Å². The van der Waals surface area contributed by atoms with Gasteiger partial charge in [-0.05, 0) is 36.8 Å². The summed E-state index contributed by atoms with van der Waals surface area (Å²) in [6, 6.07) is 7.22. The maximum Gasteiger partial charge on any atom is 0.264 e. The summed E-state index contributed by atoms with van der Waals surface area (Å²) in [6.07, 6.45) is 3.80. The zero-order chi connectivity index (χ0) is 19.5. The molecule has 28 heavy (non-hydrogen) atoms. The quantitative estimate of drug-likeness (QED) is 0.667. The number of amides is 1. The van der Waals surface area contributed by atoms with Gasteiger partial charge in [-0.1, -0.05) is 5.16 Å². The summed E-state index contributed by atoms with van der Waals surface area (Å²) in [4.78, 5) is 16.9. The molecule has 0 saturated carbocycles. The van der Waals surface area contributed by atoms with E-state index in [2.05, 4.69) is 25.9 Å². The lowest BCUT2D eigenvalue weighted by atomic mass is 9.90. The predicted molar refractivity (Wildman–Crippen MR) is 101 cm³/mol.